The fourth-order valence-electron chi connectivity index (χ4n) is 5.54. The van der Waals surface area contributed by atoms with Crippen molar-refractivity contribution in [2.24, 2.45) is 0 Å². The molecule has 1 aliphatic heterocycles. The highest BCUT2D eigenvalue weighted by atomic mass is 16.3. The van der Waals surface area contributed by atoms with Gasteiger partial charge in [0.15, 0.2) is 0 Å². The molecule has 52 heavy (non-hydrogen) atoms. The molecule has 9 N–H and O–H groups in total. The van der Waals surface area contributed by atoms with Crippen LogP contribution in [0.1, 0.15) is 35.3 Å². The number of aliphatic hydroxyl groups is 2. The van der Waals surface area contributed by atoms with Gasteiger partial charge in [-0.3, -0.25) is 28.8 Å². The highest BCUT2D eigenvalue weighted by Gasteiger charge is 2.33. The van der Waals surface area contributed by atoms with Crippen molar-refractivity contribution in [3.8, 4) is 0 Å². The maximum Gasteiger partial charge on any atom is 0.272 e. The van der Waals surface area contributed by atoms with Crippen LogP contribution in [0, 0.1) is 0 Å². The molecule has 1 aromatic heterocycles. The zero-order chi connectivity index (χ0) is 37.4. The first-order valence-electron chi connectivity index (χ1n) is 16.5. The second-order valence-electron chi connectivity index (χ2n) is 12.3. The maximum absolute atomic E-state index is 13.9. The molecule has 0 unspecified atom stereocenters. The Morgan fingerprint density at radius 1 is 0.712 bits per heavy atom. The van der Waals surface area contributed by atoms with Crippen molar-refractivity contribution in [3.63, 3.8) is 0 Å². The van der Waals surface area contributed by atoms with E-state index < -0.39 is 72.3 Å². The Morgan fingerprint density at radius 3 is 2.12 bits per heavy atom. The number of H-pyrrole nitrogens is 1. The smallest absolute Gasteiger partial charge is 0.272 e. The van der Waals surface area contributed by atoms with Gasteiger partial charge in [-0.2, -0.15) is 0 Å². The number of aromatic amines is 1. The minimum Gasteiger partial charge on any atom is -0.394 e. The number of benzene rings is 3. The quantitative estimate of drug-likeness (QED) is 0.132. The van der Waals surface area contributed by atoms with E-state index in [2.05, 4.69) is 36.9 Å². The third kappa shape index (κ3) is 8.88. The normalized spacial score (nSPS) is 22.3. The lowest BCUT2D eigenvalue weighted by Crippen LogP contribution is -2.59. The number of fused-ring (bicyclic) bond motifs is 2. The van der Waals surface area contributed by atoms with E-state index in [1.165, 1.54) is 38.1 Å². The van der Waals surface area contributed by atoms with E-state index in [1.54, 1.807) is 54.7 Å². The number of para-hydroxylation sites is 2. The molecule has 5 atom stereocenters. The van der Waals surface area contributed by atoms with Crippen LogP contribution in [0.5, 0.6) is 0 Å². The summed E-state index contributed by atoms with van der Waals surface area (Å²) in [5.41, 5.74) is 1.53. The van der Waals surface area contributed by atoms with Crippen LogP contribution in [0.3, 0.4) is 0 Å². The number of carbonyl (C=O) groups is 6. The number of carbonyl (C=O) groups excluding carboxylic acids is 6. The molecule has 3 aromatic carbocycles. The monoisotopic (exact) mass is 709 g/mol. The standard InChI is InChI=1S/C37H39N7O8/c1-20-32(47)44-31(21(2)46)37(52)42-29(17-23-18-38-26-14-8-6-12-24(23)26)35(50)40-27-15-9-7-13-25(27)33(48)43-30(19-45)36(51)41-28(34(49)39-20)16-22-10-4-3-5-11-22/h3-15,17-18,20-21,28,30-31,38,45-46H,16,19H2,1-2H3,(H,39,49)(H,40,50)(H,41,51)(H,42,52)(H,43,48)(H,44,47)/b29-17-/t20-,21-,28+,30+,31-/m0/s1. The van der Waals surface area contributed by atoms with E-state index in [-0.39, 0.29) is 23.4 Å². The van der Waals surface area contributed by atoms with Gasteiger partial charge in [0.05, 0.1) is 24.0 Å². The van der Waals surface area contributed by atoms with Gasteiger partial charge in [0.2, 0.25) is 23.6 Å². The molecule has 0 bridgehead atoms. The number of rotatable bonds is 5. The third-order valence-electron chi connectivity index (χ3n) is 8.38. The fourth-order valence-corrected chi connectivity index (χ4v) is 5.54. The summed E-state index contributed by atoms with van der Waals surface area (Å²) in [6.45, 7) is 1.77. The van der Waals surface area contributed by atoms with Crippen molar-refractivity contribution in [2.75, 3.05) is 11.9 Å². The topological polar surface area (TPSA) is 231 Å². The fraction of sp³-hybridized carbons (Fsp3) is 0.243. The third-order valence-corrected chi connectivity index (χ3v) is 8.38. The Kier molecular flexibility index (Phi) is 11.8. The summed E-state index contributed by atoms with van der Waals surface area (Å²) in [6.07, 6.45) is 1.54. The molecule has 1 aliphatic rings. The van der Waals surface area contributed by atoms with Crippen molar-refractivity contribution in [3.05, 3.63) is 107 Å². The molecule has 2 heterocycles. The Balaban J connectivity index is 1.55. The number of anilines is 1. The second-order valence-corrected chi connectivity index (χ2v) is 12.3. The summed E-state index contributed by atoms with van der Waals surface area (Å²) in [5, 5.41) is 36.5. The van der Waals surface area contributed by atoms with Crippen LogP contribution in [0.2, 0.25) is 0 Å². The van der Waals surface area contributed by atoms with Crippen molar-refractivity contribution in [2.45, 2.75) is 50.5 Å². The molecule has 0 radical (unpaired) electrons. The summed E-state index contributed by atoms with van der Waals surface area (Å²) in [6, 6.07) is 16.2. The highest BCUT2D eigenvalue weighted by Crippen LogP contribution is 2.22. The lowest BCUT2D eigenvalue weighted by atomic mass is 10.0. The van der Waals surface area contributed by atoms with Crippen molar-refractivity contribution in [1.82, 2.24) is 31.6 Å². The Hall–Kier alpha value is -6.32. The Bertz CT molecular complexity index is 2010. The number of amides is 6. The molecular weight excluding hydrogens is 670 g/mol. The van der Waals surface area contributed by atoms with E-state index in [4.69, 9.17) is 0 Å². The van der Waals surface area contributed by atoms with Crippen molar-refractivity contribution < 1.29 is 39.0 Å². The molecule has 0 saturated heterocycles. The lowest BCUT2D eigenvalue weighted by Gasteiger charge is -2.25. The number of nitrogens with one attached hydrogen (secondary N) is 7. The van der Waals surface area contributed by atoms with Crippen LogP contribution in [-0.4, -0.2) is 87.5 Å². The van der Waals surface area contributed by atoms with Gasteiger partial charge in [-0.05, 0) is 43.7 Å². The summed E-state index contributed by atoms with van der Waals surface area (Å²) in [4.78, 5) is 84.5. The number of aliphatic hydroxyl groups excluding tert-OH is 2. The number of hydrogen-bond acceptors (Lipinski definition) is 8. The van der Waals surface area contributed by atoms with E-state index in [0.717, 1.165) is 10.9 Å². The van der Waals surface area contributed by atoms with Gasteiger partial charge in [-0.25, -0.2) is 0 Å². The van der Waals surface area contributed by atoms with Crippen LogP contribution in [0.15, 0.2) is 90.8 Å². The average Bonchev–Trinajstić information content (AvgIpc) is 3.54. The molecule has 15 heteroatoms. The van der Waals surface area contributed by atoms with E-state index in [0.29, 0.717) is 11.1 Å². The molecule has 0 saturated carbocycles. The first kappa shape index (κ1) is 36.9. The van der Waals surface area contributed by atoms with Crippen LogP contribution >= 0.6 is 0 Å². The molecule has 0 aliphatic carbocycles. The number of hydrogen-bond donors (Lipinski definition) is 9. The van der Waals surface area contributed by atoms with Gasteiger partial charge in [-0.1, -0.05) is 60.7 Å². The Morgan fingerprint density at radius 2 is 1.38 bits per heavy atom. The first-order chi connectivity index (χ1) is 24.9. The maximum atomic E-state index is 13.9. The molecule has 270 valence electrons. The van der Waals surface area contributed by atoms with E-state index in [9.17, 15) is 39.0 Å². The predicted octanol–water partition coefficient (Wildman–Crippen LogP) is 0.466. The van der Waals surface area contributed by atoms with Gasteiger partial charge in [0.25, 0.3) is 11.8 Å². The van der Waals surface area contributed by atoms with Crippen molar-refractivity contribution >= 4 is 58.1 Å². The summed E-state index contributed by atoms with van der Waals surface area (Å²) >= 11 is 0. The lowest BCUT2D eigenvalue weighted by molar-refractivity contribution is -0.134. The molecule has 6 amide bonds. The molecule has 0 spiro atoms. The minimum atomic E-state index is -1.59. The van der Waals surface area contributed by atoms with Gasteiger partial charge in [0, 0.05) is 29.1 Å². The summed E-state index contributed by atoms with van der Waals surface area (Å²) in [5.74, 6) is -5.17. The highest BCUT2D eigenvalue weighted by molar-refractivity contribution is 6.13. The van der Waals surface area contributed by atoms with Gasteiger partial charge in [-0.15, -0.1) is 0 Å². The molecular formula is C37H39N7O8. The van der Waals surface area contributed by atoms with E-state index >= 15 is 0 Å². The number of aromatic nitrogens is 1. The summed E-state index contributed by atoms with van der Waals surface area (Å²) < 4.78 is 0. The molecule has 5 rings (SSSR count). The van der Waals surface area contributed by atoms with Gasteiger partial charge in [0.1, 0.15) is 29.9 Å². The van der Waals surface area contributed by atoms with E-state index in [1.807, 2.05) is 12.1 Å². The van der Waals surface area contributed by atoms with Gasteiger partial charge >= 0.3 is 0 Å². The first-order valence-corrected chi connectivity index (χ1v) is 16.5. The minimum absolute atomic E-state index is 0.00498. The molecule has 4 aromatic rings. The molecule has 15 nitrogen and oxygen atoms in total. The van der Waals surface area contributed by atoms with Crippen molar-refractivity contribution in [1.29, 1.82) is 0 Å². The summed E-state index contributed by atoms with van der Waals surface area (Å²) in [7, 11) is 0. The molecule has 0 fully saturated rings. The largest absolute Gasteiger partial charge is 0.394 e. The van der Waals surface area contributed by atoms with Crippen LogP contribution in [-0.2, 0) is 30.4 Å². The van der Waals surface area contributed by atoms with Gasteiger partial charge < -0.3 is 47.1 Å². The zero-order valence-electron chi connectivity index (χ0n) is 28.3. The van der Waals surface area contributed by atoms with Crippen LogP contribution in [0.4, 0.5) is 5.69 Å². The second kappa shape index (κ2) is 16.6. The van der Waals surface area contributed by atoms with Crippen LogP contribution < -0.4 is 31.9 Å². The Labute approximate surface area is 298 Å². The average molecular weight is 710 g/mol. The SMILES string of the molecule is C[C@@H]1NC(=O)[C@@H](Cc2ccccc2)NC(=O)[C@@H](CO)NC(=O)c2ccccc2NC(=O)/C(=C/c2c[nH]c3ccccc23)NC(=O)[C@H]([C@H](C)O)NC1=O. The predicted molar refractivity (Wildman–Crippen MR) is 191 cm³/mol. The van der Waals surface area contributed by atoms with Crippen LogP contribution in [0.25, 0.3) is 17.0 Å². The zero-order valence-corrected chi connectivity index (χ0v) is 28.3.